The fraction of sp³-hybridized carbons (Fsp3) is 0.400. The minimum absolute atomic E-state index is 0.123. The molecular formula is C15H21NO2S. The number of carbonyl (C=O) groups excluding carboxylic acids is 1. The molecule has 104 valence electrons. The van der Waals surface area contributed by atoms with Crippen LogP contribution in [0.4, 0.5) is 0 Å². The van der Waals surface area contributed by atoms with Gasteiger partial charge in [-0.25, -0.2) is 0 Å². The Bertz CT molecular complexity index is 430. The Hall–Kier alpha value is -1.26. The monoisotopic (exact) mass is 279 g/mol. The standard InChI is InChI=1S/C15H21NO2S/c1-3-14(17)8-7-13-5-4-6-15(11-13)18-10-9-16-12(2)19/h4-8,11-12,16,19H,3,9-10H2,1-2H3/b8-7+. The highest BCUT2D eigenvalue weighted by Gasteiger charge is 1.97. The number of ketones is 1. The van der Waals surface area contributed by atoms with Gasteiger partial charge < -0.3 is 10.1 Å². The van der Waals surface area contributed by atoms with Gasteiger partial charge in [0.15, 0.2) is 5.78 Å². The number of hydrogen-bond acceptors (Lipinski definition) is 4. The molecule has 0 heterocycles. The van der Waals surface area contributed by atoms with Crippen LogP contribution in [0.5, 0.6) is 5.75 Å². The second-order valence-electron chi connectivity index (χ2n) is 4.20. The molecule has 1 aromatic rings. The van der Waals surface area contributed by atoms with Gasteiger partial charge in [0.2, 0.25) is 0 Å². The number of nitrogens with one attached hydrogen (secondary N) is 1. The maximum absolute atomic E-state index is 11.2. The summed E-state index contributed by atoms with van der Waals surface area (Å²) in [7, 11) is 0. The first-order chi connectivity index (χ1) is 9.11. The molecule has 0 spiro atoms. The van der Waals surface area contributed by atoms with E-state index in [0.29, 0.717) is 13.0 Å². The molecule has 0 radical (unpaired) electrons. The van der Waals surface area contributed by atoms with E-state index < -0.39 is 0 Å². The summed E-state index contributed by atoms with van der Waals surface area (Å²) in [6.45, 7) is 5.16. The van der Waals surface area contributed by atoms with Crippen LogP contribution in [0.25, 0.3) is 6.08 Å². The van der Waals surface area contributed by atoms with Crippen molar-refractivity contribution in [3.63, 3.8) is 0 Å². The van der Waals surface area contributed by atoms with Crippen LogP contribution >= 0.6 is 12.6 Å². The number of hydrogen-bond donors (Lipinski definition) is 2. The number of carbonyl (C=O) groups is 1. The van der Waals surface area contributed by atoms with E-state index in [1.165, 1.54) is 0 Å². The zero-order valence-corrected chi connectivity index (χ0v) is 12.3. The molecule has 0 bridgehead atoms. The normalized spacial score (nSPS) is 12.6. The number of thiol groups is 1. The lowest BCUT2D eigenvalue weighted by Gasteiger charge is -2.09. The summed E-state index contributed by atoms with van der Waals surface area (Å²) in [5.41, 5.74) is 0.967. The number of allylic oxidation sites excluding steroid dienone is 1. The molecule has 0 aliphatic heterocycles. The van der Waals surface area contributed by atoms with Gasteiger partial charge in [0.05, 0.1) is 0 Å². The zero-order chi connectivity index (χ0) is 14.1. The second kappa shape index (κ2) is 8.77. The summed E-state index contributed by atoms with van der Waals surface area (Å²) in [5.74, 6) is 0.929. The molecule has 0 saturated carbocycles. The maximum atomic E-state index is 11.2. The van der Waals surface area contributed by atoms with Crippen molar-refractivity contribution >= 4 is 24.5 Å². The highest BCUT2D eigenvalue weighted by molar-refractivity contribution is 7.80. The molecule has 0 aliphatic carbocycles. The Labute approximate surface area is 120 Å². The van der Waals surface area contributed by atoms with Crippen molar-refractivity contribution in [1.82, 2.24) is 5.32 Å². The maximum Gasteiger partial charge on any atom is 0.155 e. The van der Waals surface area contributed by atoms with Gasteiger partial charge >= 0.3 is 0 Å². The van der Waals surface area contributed by atoms with Gasteiger partial charge in [0.1, 0.15) is 12.4 Å². The predicted octanol–water partition coefficient (Wildman–Crippen LogP) is 2.92. The van der Waals surface area contributed by atoms with Gasteiger partial charge in [-0.2, -0.15) is 12.6 Å². The lowest BCUT2D eigenvalue weighted by Crippen LogP contribution is -2.26. The number of benzene rings is 1. The summed E-state index contributed by atoms with van der Waals surface area (Å²) >= 11 is 4.22. The largest absolute Gasteiger partial charge is 0.492 e. The van der Waals surface area contributed by atoms with Crippen LogP contribution in [0.2, 0.25) is 0 Å². The molecule has 1 atom stereocenters. The third kappa shape index (κ3) is 7.03. The van der Waals surface area contributed by atoms with Gasteiger partial charge in [0, 0.05) is 18.3 Å². The van der Waals surface area contributed by atoms with Gasteiger partial charge in [-0.05, 0) is 30.7 Å². The molecule has 0 aliphatic rings. The van der Waals surface area contributed by atoms with Crippen molar-refractivity contribution in [1.29, 1.82) is 0 Å². The van der Waals surface area contributed by atoms with E-state index in [2.05, 4.69) is 17.9 Å². The average molecular weight is 279 g/mol. The minimum Gasteiger partial charge on any atom is -0.492 e. The third-order valence-corrected chi connectivity index (χ3v) is 2.66. The summed E-state index contributed by atoms with van der Waals surface area (Å²) in [4.78, 5) is 11.2. The highest BCUT2D eigenvalue weighted by Crippen LogP contribution is 2.14. The quantitative estimate of drug-likeness (QED) is 0.332. The van der Waals surface area contributed by atoms with Crippen molar-refractivity contribution in [3.05, 3.63) is 35.9 Å². The van der Waals surface area contributed by atoms with Crippen molar-refractivity contribution in [2.24, 2.45) is 0 Å². The van der Waals surface area contributed by atoms with E-state index >= 15 is 0 Å². The number of rotatable bonds is 8. The van der Waals surface area contributed by atoms with Crippen molar-refractivity contribution in [2.75, 3.05) is 13.2 Å². The Balaban J connectivity index is 2.48. The molecule has 0 aromatic heterocycles. The SMILES string of the molecule is CCC(=O)/C=C/c1cccc(OCCNC(C)S)c1. The lowest BCUT2D eigenvalue weighted by atomic mass is 10.1. The van der Waals surface area contributed by atoms with Gasteiger partial charge in [0.25, 0.3) is 0 Å². The van der Waals surface area contributed by atoms with Crippen LogP contribution in [0.15, 0.2) is 30.3 Å². The average Bonchev–Trinajstić information content (AvgIpc) is 2.41. The Kier molecular flexibility index (Phi) is 7.30. The van der Waals surface area contributed by atoms with E-state index in [-0.39, 0.29) is 11.2 Å². The van der Waals surface area contributed by atoms with Gasteiger partial charge in [-0.3, -0.25) is 4.79 Å². The van der Waals surface area contributed by atoms with Crippen LogP contribution in [0.3, 0.4) is 0 Å². The van der Waals surface area contributed by atoms with Crippen LogP contribution < -0.4 is 10.1 Å². The third-order valence-electron chi connectivity index (χ3n) is 2.48. The van der Waals surface area contributed by atoms with Gasteiger partial charge in [-0.1, -0.05) is 25.1 Å². The van der Waals surface area contributed by atoms with E-state index in [9.17, 15) is 4.79 Å². The summed E-state index contributed by atoms with van der Waals surface area (Å²) < 4.78 is 5.61. The minimum atomic E-state index is 0.123. The van der Waals surface area contributed by atoms with E-state index in [4.69, 9.17) is 4.74 Å². The molecular weight excluding hydrogens is 258 g/mol. The van der Waals surface area contributed by atoms with Crippen LogP contribution in [0, 0.1) is 0 Å². The van der Waals surface area contributed by atoms with E-state index in [1.54, 1.807) is 6.08 Å². The number of ether oxygens (including phenoxy) is 1. The topological polar surface area (TPSA) is 38.3 Å². The summed E-state index contributed by atoms with van der Waals surface area (Å²) in [5, 5.41) is 3.32. The second-order valence-corrected chi connectivity index (χ2v) is 4.98. The Morgan fingerprint density at radius 3 is 3.00 bits per heavy atom. The molecule has 1 rings (SSSR count). The molecule has 0 saturated heterocycles. The zero-order valence-electron chi connectivity index (χ0n) is 11.4. The molecule has 1 aromatic carbocycles. The fourth-order valence-electron chi connectivity index (χ4n) is 1.45. The van der Waals surface area contributed by atoms with E-state index in [0.717, 1.165) is 17.9 Å². The van der Waals surface area contributed by atoms with Crippen molar-refractivity contribution < 1.29 is 9.53 Å². The molecule has 0 amide bonds. The highest BCUT2D eigenvalue weighted by atomic mass is 32.1. The molecule has 3 nitrogen and oxygen atoms in total. The lowest BCUT2D eigenvalue weighted by molar-refractivity contribution is -0.114. The van der Waals surface area contributed by atoms with Crippen LogP contribution in [0.1, 0.15) is 25.8 Å². The Morgan fingerprint density at radius 1 is 1.53 bits per heavy atom. The summed E-state index contributed by atoms with van der Waals surface area (Å²) in [6, 6.07) is 7.69. The van der Waals surface area contributed by atoms with Crippen LogP contribution in [-0.4, -0.2) is 24.3 Å². The molecule has 1 N–H and O–H groups in total. The summed E-state index contributed by atoms with van der Waals surface area (Å²) in [6.07, 6.45) is 3.94. The van der Waals surface area contributed by atoms with Gasteiger partial charge in [-0.15, -0.1) is 0 Å². The van der Waals surface area contributed by atoms with Crippen LogP contribution in [-0.2, 0) is 4.79 Å². The first-order valence-corrected chi connectivity index (χ1v) is 6.98. The molecule has 19 heavy (non-hydrogen) atoms. The smallest absolute Gasteiger partial charge is 0.155 e. The Morgan fingerprint density at radius 2 is 2.32 bits per heavy atom. The molecule has 0 fully saturated rings. The van der Waals surface area contributed by atoms with Crippen molar-refractivity contribution in [2.45, 2.75) is 25.6 Å². The first-order valence-electron chi connectivity index (χ1n) is 6.47. The van der Waals surface area contributed by atoms with E-state index in [1.807, 2.05) is 44.2 Å². The predicted molar refractivity (Wildman–Crippen MR) is 82.7 cm³/mol. The fourth-order valence-corrected chi connectivity index (χ4v) is 1.58. The van der Waals surface area contributed by atoms with Crippen molar-refractivity contribution in [3.8, 4) is 5.75 Å². The molecule has 1 unspecified atom stereocenters. The molecule has 4 heteroatoms. The first kappa shape index (κ1) is 15.8.